The summed E-state index contributed by atoms with van der Waals surface area (Å²) in [6, 6.07) is 10.3. The number of fused-ring (bicyclic) bond motifs is 1. The van der Waals surface area contributed by atoms with E-state index in [2.05, 4.69) is 43.5 Å². The van der Waals surface area contributed by atoms with Crippen LogP contribution in [0, 0.1) is 0 Å². The molecule has 100 valence electrons. The highest BCUT2D eigenvalue weighted by molar-refractivity contribution is 5.82. The van der Waals surface area contributed by atoms with E-state index in [-0.39, 0.29) is 0 Å². The van der Waals surface area contributed by atoms with Gasteiger partial charge in [-0.2, -0.15) is 0 Å². The fraction of sp³-hybridized carbons (Fsp3) is 0.133. The van der Waals surface area contributed by atoms with Crippen LogP contribution in [0.1, 0.15) is 5.56 Å². The van der Waals surface area contributed by atoms with Gasteiger partial charge in [-0.25, -0.2) is 15.0 Å². The second-order valence-corrected chi connectivity index (χ2v) is 4.45. The fourth-order valence-electron chi connectivity index (χ4n) is 2.17. The van der Waals surface area contributed by atoms with Crippen molar-refractivity contribution in [3.63, 3.8) is 0 Å². The first-order chi connectivity index (χ1) is 9.88. The molecule has 0 spiro atoms. The topological polar surface area (TPSA) is 57.7 Å². The Morgan fingerprint density at radius 3 is 2.80 bits per heavy atom. The lowest BCUT2D eigenvalue weighted by Crippen LogP contribution is -2.24. The van der Waals surface area contributed by atoms with Crippen LogP contribution in [0.15, 0.2) is 55.6 Å². The van der Waals surface area contributed by atoms with Gasteiger partial charge in [0.15, 0.2) is 11.5 Å². The van der Waals surface area contributed by atoms with Crippen LogP contribution in [0.4, 0.5) is 5.82 Å². The van der Waals surface area contributed by atoms with E-state index in [0.717, 1.165) is 23.5 Å². The number of imidazole rings is 1. The molecule has 0 saturated carbocycles. The van der Waals surface area contributed by atoms with Crippen molar-refractivity contribution in [1.82, 2.24) is 19.9 Å². The van der Waals surface area contributed by atoms with Crippen molar-refractivity contribution in [2.75, 3.05) is 11.4 Å². The average molecular weight is 265 g/mol. The average Bonchev–Trinajstić information content (AvgIpc) is 2.96. The smallest absolute Gasteiger partial charge is 0.162 e. The van der Waals surface area contributed by atoms with Crippen molar-refractivity contribution in [2.45, 2.75) is 6.54 Å². The van der Waals surface area contributed by atoms with Crippen LogP contribution in [-0.2, 0) is 6.54 Å². The Bertz CT molecular complexity index is 704. The first-order valence-corrected chi connectivity index (χ1v) is 6.42. The number of aromatic nitrogens is 4. The minimum atomic E-state index is 0.702. The number of nitrogens with zero attached hydrogens (tertiary/aromatic N) is 4. The van der Waals surface area contributed by atoms with Gasteiger partial charge in [0, 0.05) is 13.1 Å². The maximum atomic E-state index is 4.38. The first-order valence-electron chi connectivity index (χ1n) is 6.42. The van der Waals surface area contributed by atoms with Crippen LogP contribution in [0.2, 0.25) is 0 Å². The number of anilines is 1. The molecule has 0 amide bonds. The Hall–Kier alpha value is -2.69. The summed E-state index contributed by atoms with van der Waals surface area (Å²) in [5.74, 6) is 0.819. The summed E-state index contributed by atoms with van der Waals surface area (Å²) in [6.45, 7) is 5.28. The summed E-state index contributed by atoms with van der Waals surface area (Å²) in [5.41, 5.74) is 2.75. The molecule has 0 fully saturated rings. The van der Waals surface area contributed by atoms with Crippen LogP contribution < -0.4 is 4.90 Å². The summed E-state index contributed by atoms with van der Waals surface area (Å²) in [6.07, 6.45) is 5.05. The third-order valence-electron chi connectivity index (χ3n) is 3.06. The number of aromatic amines is 1. The standard InChI is InChI=1S/C15H15N5/c1-2-8-20(9-12-6-4-3-5-7-12)15-13-14(17-10-16-13)18-11-19-15/h2-7,10-11H,1,8-9H2,(H,16,17,18,19). The van der Waals surface area contributed by atoms with Gasteiger partial charge in [-0.05, 0) is 5.56 Å². The quantitative estimate of drug-likeness (QED) is 0.720. The van der Waals surface area contributed by atoms with Crippen molar-refractivity contribution in [3.05, 3.63) is 61.2 Å². The molecule has 0 saturated heterocycles. The highest BCUT2D eigenvalue weighted by atomic mass is 15.2. The van der Waals surface area contributed by atoms with E-state index < -0.39 is 0 Å². The molecule has 1 aromatic carbocycles. The number of benzene rings is 1. The Balaban J connectivity index is 1.98. The normalized spacial score (nSPS) is 10.6. The first kappa shape index (κ1) is 12.3. The van der Waals surface area contributed by atoms with E-state index in [1.165, 1.54) is 5.56 Å². The van der Waals surface area contributed by atoms with Crippen molar-refractivity contribution >= 4 is 17.0 Å². The van der Waals surface area contributed by atoms with Crippen LogP contribution in [0.5, 0.6) is 0 Å². The molecule has 2 heterocycles. The zero-order valence-corrected chi connectivity index (χ0v) is 11.0. The summed E-state index contributed by atoms with van der Waals surface area (Å²) < 4.78 is 0. The lowest BCUT2D eigenvalue weighted by Gasteiger charge is -2.22. The van der Waals surface area contributed by atoms with Gasteiger partial charge < -0.3 is 9.88 Å². The second-order valence-electron chi connectivity index (χ2n) is 4.45. The lowest BCUT2D eigenvalue weighted by molar-refractivity contribution is 0.848. The second kappa shape index (κ2) is 5.52. The molecular weight excluding hydrogens is 250 g/mol. The Morgan fingerprint density at radius 2 is 2.00 bits per heavy atom. The maximum absolute atomic E-state index is 4.38. The molecule has 0 atom stereocenters. The molecule has 0 unspecified atom stereocenters. The van der Waals surface area contributed by atoms with Crippen molar-refractivity contribution in [1.29, 1.82) is 0 Å². The van der Waals surface area contributed by atoms with E-state index >= 15 is 0 Å². The van der Waals surface area contributed by atoms with E-state index in [1.54, 1.807) is 12.7 Å². The van der Waals surface area contributed by atoms with Crippen molar-refractivity contribution in [2.24, 2.45) is 0 Å². The minimum absolute atomic E-state index is 0.702. The van der Waals surface area contributed by atoms with E-state index in [4.69, 9.17) is 0 Å². The summed E-state index contributed by atoms with van der Waals surface area (Å²) in [4.78, 5) is 18.0. The molecule has 5 heteroatoms. The Kier molecular flexibility index (Phi) is 3.41. The molecule has 2 aromatic heterocycles. The van der Waals surface area contributed by atoms with Crippen molar-refractivity contribution in [3.8, 4) is 0 Å². The van der Waals surface area contributed by atoms with Crippen LogP contribution in [-0.4, -0.2) is 26.5 Å². The molecule has 0 aliphatic rings. The maximum Gasteiger partial charge on any atom is 0.162 e. The largest absolute Gasteiger partial charge is 0.347 e. The molecule has 20 heavy (non-hydrogen) atoms. The van der Waals surface area contributed by atoms with Gasteiger partial charge in [-0.1, -0.05) is 36.4 Å². The molecule has 3 aromatic rings. The third-order valence-corrected chi connectivity index (χ3v) is 3.06. The van der Waals surface area contributed by atoms with Gasteiger partial charge in [0.1, 0.15) is 11.8 Å². The van der Waals surface area contributed by atoms with Gasteiger partial charge >= 0.3 is 0 Å². The van der Waals surface area contributed by atoms with Gasteiger partial charge in [0.05, 0.1) is 6.33 Å². The number of nitrogens with one attached hydrogen (secondary N) is 1. The molecule has 1 N–H and O–H groups in total. The third kappa shape index (κ3) is 2.38. The molecule has 5 nitrogen and oxygen atoms in total. The summed E-state index contributed by atoms with van der Waals surface area (Å²) >= 11 is 0. The van der Waals surface area contributed by atoms with Crippen LogP contribution >= 0.6 is 0 Å². The monoisotopic (exact) mass is 265 g/mol. The Morgan fingerprint density at radius 1 is 1.15 bits per heavy atom. The van der Waals surface area contributed by atoms with Crippen molar-refractivity contribution < 1.29 is 0 Å². The van der Waals surface area contributed by atoms with Crippen LogP contribution in [0.3, 0.4) is 0 Å². The molecular formula is C15H15N5. The number of hydrogen-bond acceptors (Lipinski definition) is 4. The highest BCUT2D eigenvalue weighted by Crippen LogP contribution is 2.21. The number of rotatable bonds is 5. The van der Waals surface area contributed by atoms with Gasteiger partial charge in [0.25, 0.3) is 0 Å². The fourth-order valence-corrected chi connectivity index (χ4v) is 2.17. The minimum Gasteiger partial charge on any atom is -0.347 e. The van der Waals surface area contributed by atoms with E-state index in [0.29, 0.717) is 6.54 Å². The predicted molar refractivity (Wildman–Crippen MR) is 79.4 cm³/mol. The van der Waals surface area contributed by atoms with E-state index in [9.17, 15) is 0 Å². The molecule has 0 aliphatic heterocycles. The summed E-state index contributed by atoms with van der Waals surface area (Å²) in [7, 11) is 0. The molecule has 3 rings (SSSR count). The molecule has 0 bridgehead atoms. The lowest BCUT2D eigenvalue weighted by atomic mass is 10.2. The zero-order chi connectivity index (χ0) is 13.8. The highest BCUT2D eigenvalue weighted by Gasteiger charge is 2.13. The predicted octanol–water partition coefficient (Wildman–Crippen LogP) is 2.55. The van der Waals surface area contributed by atoms with Gasteiger partial charge in [-0.15, -0.1) is 6.58 Å². The van der Waals surface area contributed by atoms with Gasteiger partial charge in [0.2, 0.25) is 0 Å². The molecule has 0 aliphatic carbocycles. The zero-order valence-electron chi connectivity index (χ0n) is 11.0. The molecule has 0 radical (unpaired) electrons. The SMILES string of the molecule is C=CCN(Cc1ccccc1)c1ncnc2[nH]cnc12. The summed E-state index contributed by atoms with van der Waals surface area (Å²) in [5, 5.41) is 0. The van der Waals surface area contributed by atoms with E-state index in [1.807, 2.05) is 24.3 Å². The van der Waals surface area contributed by atoms with Gasteiger partial charge in [-0.3, -0.25) is 0 Å². The number of hydrogen-bond donors (Lipinski definition) is 1. The number of H-pyrrole nitrogens is 1. The Labute approximate surface area is 117 Å². The van der Waals surface area contributed by atoms with Crippen LogP contribution in [0.25, 0.3) is 11.2 Å².